The number of hydrogen-bond acceptors (Lipinski definition) is 5. The smallest absolute Gasteiger partial charge is 0.305 e. The third-order valence-corrected chi connectivity index (χ3v) is 4.88. The lowest BCUT2D eigenvalue weighted by molar-refractivity contribution is -0.137. The zero-order valence-electron chi connectivity index (χ0n) is 13.1. The number of carbonyl (C=O) groups is 3. The SMILES string of the molecule is Cc1nc2cc(N3CC(C(=O)NCCC(=O)O)CC3=O)ccc2s1. The second kappa shape index (κ2) is 6.56. The van der Waals surface area contributed by atoms with Crippen molar-refractivity contribution < 1.29 is 19.5 Å². The van der Waals surface area contributed by atoms with E-state index in [1.54, 1.807) is 16.2 Å². The number of carboxylic acid groups (broad SMARTS) is 1. The topological polar surface area (TPSA) is 99.6 Å². The van der Waals surface area contributed by atoms with Gasteiger partial charge >= 0.3 is 5.97 Å². The Balaban J connectivity index is 1.69. The first-order chi connectivity index (χ1) is 11.4. The highest BCUT2D eigenvalue weighted by atomic mass is 32.1. The fourth-order valence-corrected chi connectivity index (χ4v) is 3.58. The van der Waals surface area contributed by atoms with E-state index in [0.29, 0.717) is 6.54 Å². The van der Waals surface area contributed by atoms with Crippen LogP contribution < -0.4 is 10.2 Å². The van der Waals surface area contributed by atoms with Gasteiger partial charge in [0, 0.05) is 25.2 Å². The van der Waals surface area contributed by atoms with Crippen molar-refractivity contribution in [3.63, 3.8) is 0 Å². The molecule has 1 atom stereocenters. The van der Waals surface area contributed by atoms with Gasteiger partial charge in [-0.3, -0.25) is 14.4 Å². The molecule has 1 aliphatic heterocycles. The summed E-state index contributed by atoms with van der Waals surface area (Å²) in [4.78, 5) is 40.8. The molecule has 3 rings (SSSR count). The van der Waals surface area contributed by atoms with Crippen molar-refractivity contribution in [2.75, 3.05) is 18.0 Å². The van der Waals surface area contributed by atoms with E-state index in [1.807, 2.05) is 25.1 Å². The molecule has 0 radical (unpaired) electrons. The van der Waals surface area contributed by atoms with Gasteiger partial charge in [-0.15, -0.1) is 11.3 Å². The summed E-state index contributed by atoms with van der Waals surface area (Å²) in [6.45, 7) is 2.30. The number of fused-ring (bicyclic) bond motifs is 1. The van der Waals surface area contributed by atoms with E-state index in [-0.39, 0.29) is 31.2 Å². The summed E-state index contributed by atoms with van der Waals surface area (Å²) < 4.78 is 1.06. The number of nitrogens with one attached hydrogen (secondary N) is 1. The molecular weight excluding hydrogens is 330 g/mol. The largest absolute Gasteiger partial charge is 0.481 e. The Morgan fingerprint density at radius 2 is 2.25 bits per heavy atom. The van der Waals surface area contributed by atoms with Crippen LogP contribution in [0, 0.1) is 12.8 Å². The maximum atomic E-state index is 12.2. The number of hydrogen-bond donors (Lipinski definition) is 2. The number of anilines is 1. The number of thiazole rings is 1. The maximum Gasteiger partial charge on any atom is 0.305 e. The number of rotatable bonds is 5. The van der Waals surface area contributed by atoms with Crippen molar-refractivity contribution in [1.29, 1.82) is 0 Å². The molecule has 1 unspecified atom stereocenters. The number of benzene rings is 1. The average Bonchev–Trinajstić information content (AvgIpc) is 3.07. The van der Waals surface area contributed by atoms with E-state index in [2.05, 4.69) is 10.3 Å². The van der Waals surface area contributed by atoms with E-state index in [1.165, 1.54) is 0 Å². The molecule has 0 bridgehead atoms. The van der Waals surface area contributed by atoms with Crippen LogP contribution in [-0.4, -0.2) is 41.0 Å². The summed E-state index contributed by atoms with van der Waals surface area (Å²) in [5, 5.41) is 12.1. The van der Waals surface area contributed by atoms with Crippen LogP contribution in [0.15, 0.2) is 18.2 Å². The first kappa shape index (κ1) is 16.4. The van der Waals surface area contributed by atoms with Gasteiger partial charge in [0.2, 0.25) is 11.8 Å². The van der Waals surface area contributed by atoms with Gasteiger partial charge in [-0.1, -0.05) is 0 Å². The van der Waals surface area contributed by atoms with Crippen molar-refractivity contribution >= 4 is 45.0 Å². The molecule has 2 aromatic rings. The summed E-state index contributed by atoms with van der Waals surface area (Å²) in [6, 6.07) is 5.66. The van der Waals surface area contributed by atoms with Crippen LogP contribution in [0.4, 0.5) is 5.69 Å². The Bertz CT molecular complexity index is 817. The number of aliphatic carboxylic acids is 1. The number of amides is 2. The number of nitrogens with zero attached hydrogens (tertiary/aromatic N) is 2. The lowest BCUT2D eigenvalue weighted by atomic mass is 10.1. The second-order valence-corrected chi connectivity index (χ2v) is 6.96. The third-order valence-electron chi connectivity index (χ3n) is 3.92. The van der Waals surface area contributed by atoms with Gasteiger partial charge in [0.15, 0.2) is 0 Å². The van der Waals surface area contributed by atoms with Gasteiger partial charge < -0.3 is 15.3 Å². The maximum absolute atomic E-state index is 12.2. The van der Waals surface area contributed by atoms with Crippen LogP contribution in [-0.2, 0) is 14.4 Å². The van der Waals surface area contributed by atoms with Crippen molar-refractivity contribution in [2.24, 2.45) is 5.92 Å². The average molecular weight is 347 g/mol. The Morgan fingerprint density at radius 3 is 3.00 bits per heavy atom. The van der Waals surface area contributed by atoms with E-state index < -0.39 is 11.9 Å². The number of carbonyl (C=O) groups excluding carboxylic acids is 2. The van der Waals surface area contributed by atoms with Crippen LogP contribution in [0.2, 0.25) is 0 Å². The minimum absolute atomic E-state index is 0.0723. The molecule has 0 spiro atoms. The zero-order valence-corrected chi connectivity index (χ0v) is 13.9. The van der Waals surface area contributed by atoms with Crippen LogP contribution in [0.1, 0.15) is 17.8 Å². The normalized spacial score (nSPS) is 17.5. The molecule has 8 heteroatoms. The van der Waals surface area contributed by atoms with Gasteiger partial charge in [0.05, 0.1) is 27.6 Å². The molecule has 2 heterocycles. The fourth-order valence-electron chi connectivity index (χ4n) is 2.77. The lowest BCUT2D eigenvalue weighted by Crippen LogP contribution is -2.34. The summed E-state index contributed by atoms with van der Waals surface area (Å²) in [7, 11) is 0. The molecule has 1 aromatic carbocycles. The van der Waals surface area contributed by atoms with Crippen molar-refractivity contribution in [2.45, 2.75) is 19.8 Å². The molecule has 1 saturated heterocycles. The standard InChI is InChI=1S/C16H17N3O4S/c1-9-18-12-7-11(2-3-13(12)24-9)19-8-10(6-14(19)20)16(23)17-5-4-15(21)22/h2-3,7,10H,4-6,8H2,1H3,(H,17,23)(H,21,22). The van der Waals surface area contributed by atoms with Crippen molar-refractivity contribution in [3.05, 3.63) is 23.2 Å². The molecule has 126 valence electrons. The van der Waals surface area contributed by atoms with Gasteiger partial charge in [-0.25, -0.2) is 4.98 Å². The number of carboxylic acids is 1. The highest BCUT2D eigenvalue weighted by molar-refractivity contribution is 7.18. The molecule has 1 aromatic heterocycles. The predicted octanol–water partition coefficient (Wildman–Crippen LogP) is 1.55. The molecule has 7 nitrogen and oxygen atoms in total. The van der Waals surface area contributed by atoms with E-state index >= 15 is 0 Å². The summed E-state index contributed by atoms with van der Waals surface area (Å²) in [5.74, 6) is -1.82. The molecule has 24 heavy (non-hydrogen) atoms. The van der Waals surface area contributed by atoms with Crippen molar-refractivity contribution in [3.8, 4) is 0 Å². The Morgan fingerprint density at radius 1 is 1.46 bits per heavy atom. The number of aryl methyl sites for hydroxylation is 1. The van der Waals surface area contributed by atoms with Crippen LogP contribution >= 0.6 is 11.3 Å². The van der Waals surface area contributed by atoms with Crippen LogP contribution in [0.3, 0.4) is 0 Å². The lowest BCUT2D eigenvalue weighted by Gasteiger charge is -2.16. The zero-order chi connectivity index (χ0) is 17.3. The summed E-state index contributed by atoms with van der Waals surface area (Å²) in [6.07, 6.45) is 0.00298. The molecule has 1 fully saturated rings. The van der Waals surface area contributed by atoms with E-state index in [0.717, 1.165) is 20.9 Å². The second-order valence-electron chi connectivity index (χ2n) is 5.73. The van der Waals surface area contributed by atoms with Crippen LogP contribution in [0.25, 0.3) is 10.2 Å². The number of aromatic nitrogens is 1. The van der Waals surface area contributed by atoms with E-state index in [4.69, 9.17) is 5.11 Å². The molecule has 2 amide bonds. The highest BCUT2D eigenvalue weighted by Crippen LogP contribution is 2.30. The first-order valence-corrected chi connectivity index (χ1v) is 8.43. The molecule has 1 aliphatic rings. The molecule has 2 N–H and O–H groups in total. The predicted molar refractivity (Wildman–Crippen MR) is 90.1 cm³/mol. The van der Waals surface area contributed by atoms with E-state index in [9.17, 15) is 14.4 Å². The Labute approximate surface area is 142 Å². The molecule has 0 aliphatic carbocycles. The Kier molecular flexibility index (Phi) is 4.48. The Hall–Kier alpha value is -2.48. The van der Waals surface area contributed by atoms with Gasteiger partial charge in [0.1, 0.15) is 0 Å². The van der Waals surface area contributed by atoms with Gasteiger partial charge in [0.25, 0.3) is 0 Å². The van der Waals surface area contributed by atoms with Gasteiger partial charge in [-0.05, 0) is 25.1 Å². The highest BCUT2D eigenvalue weighted by Gasteiger charge is 2.35. The van der Waals surface area contributed by atoms with Crippen molar-refractivity contribution in [1.82, 2.24) is 10.3 Å². The van der Waals surface area contributed by atoms with Gasteiger partial charge in [-0.2, -0.15) is 0 Å². The molecule has 0 saturated carbocycles. The fraction of sp³-hybridized carbons (Fsp3) is 0.375. The quantitative estimate of drug-likeness (QED) is 0.855. The monoisotopic (exact) mass is 347 g/mol. The molecular formula is C16H17N3O4S. The van der Waals surface area contributed by atoms with Crippen LogP contribution in [0.5, 0.6) is 0 Å². The first-order valence-electron chi connectivity index (χ1n) is 7.61. The summed E-state index contributed by atoms with van der Waals surface area (Å²) in [5.41, 5.74) is 1.58. The minimum atomic E-state index is -0.966. The minimum Gasteiger partial charge on any atom is -0.481 e. The third kappa shape index (κ3) is 3.38. The summed E-state index contributed by atoms with van der Waals surface area (Å²) >= 11 is 1.59.